The highest BCUT2D eigenvalue weighted by Gasteiger charge is 2.42. The van der Waals surface area contributed by atoms with Gasteiger partial charge in [0.2, 0.25) is 5.92 Å². The molecule has 2 rings (SSSR count). The first kappa shape index (κ1) is 11.3. The Morgan fingerprint density at radius 1 is 1.00 bits per heavy atom. The maximum absolute atomic E-state index is 13.1. The second kappa shape index (κ2) is 4.00. The molecule has 1 aliphatic heterocycles. The number of hydrogen-bond acceptors (Lipinski definition) is 1. The molecule has 1 aliphatic carbocycles. The van der Waals surface area contributed by atoms with Gasteiger partial charge in [0.1, 0.15) is 0 Å². The van der Waals surface area contributed by atoms with Gasteiger partial charge in [-0.15, -0.1) is 0 Å². The molecule has 1 saturated heterocycles. The Kier molecular flexibility index (Phi) is 3.02. The van der Waals surface area contributed by atoms with E-state index in [4.69, 9.17) is 0 Å². The van der Waals surface area contributed by atoms with Crippen molar-refractivity contribution in [2.75, 3.05) is 13.1 Å². The summed E-state index contributed by atoms with van der Waals surface area (Å²) in [5, 5.41) is 3.35. The van der Waals surface area contributed by atoms with Crippen molar-refractivity contribution in [3.05, 3.63) is 0 Å². The fourth-order valence-corrected chi connectivity index (χ4v) is 3.14. The second-order valence-electron chi connectivity index (χ2n) is 5.53. The van der Waals surface area contributed by atoms with E-state index in [1.165, 1.54) is 0 Å². The molecule has 0 spiro atoms. The van der Waals surface area contributed by atoms with Crippen molar-refractivity contribution in [1.29, 1.82) is 0 Å². The molecule has 1 nitrogen and oxygen atoms in total. The summed E-state index contributed by atoms with van der Waals surface area (Å²) in [6, 6.07) is 0. The topological polar surface area (TPSA) is 12.0 Å². The van der Waals surface area contributed by atoms with Crippen LogP contribution in [0.2, 0.25) is 0 Å². The average Bonchev–Trinajstić information content (AvgIpc) is 2.18. The van der Waals surface area contributed by atoms with E-state index in [1.54, 1.807) is 0 Å². The number of nitrogens with one attached hydrogen (secondary N) is 1. The van der Waals surface area contributed by atoms with Crippen LogP contribution in [0.5, 0.6) is 0 Å². The Balaban J connectivity index is 1.94. The van der Waals surface area contributed by atoms with Gasteiger partial charge in [-0.1, -0.05) is 6.92 Å². The highest BCUT2D eigenvalue weighted by atomic mass is 19.3. The maximum Gasteiger partial charge on any atom is 0.248 e. The minimum absolute atomic E-state index is 0.112. The molecule has 1 heterocycles. The van der Waals surface area contributed by atoms with Crippen LogP contribution in [0.15, 0.2) is 0 Å². The minimum atomic E-state index is -2.38. The lowest BCUT2D eigenvalue weighted by atomic mass is 9.65. The molecule has 0 bridgehead atoms. The van der Waals surface area contributed by atoms with Gasteiger partial charge in [0, 0.05) is 12.8 Å². The molecular weight excluding hydrogens is 196 g/mol. The lowest BCUT2D eigenvalue weighted by Crippen LogP contribution is -2.42. The Morgan fingerprint density at radius 3 is 2.07 bits per heavy atom. The van der Waals surface area contributed by atoms with Gasteiger partial charge in [0.15, 0.2) is 0 Å². The van der Waals surface area contributed by atoms with Crippen molar-refractivity contribution in [2.24, 2.45) is 11.3 Å². The summed E-state index contributed by atoms with van der Waals surface area (Å²) in [4.78, 5) is 0. The second-order valence-corrected chi connectivity index (χ2v) is 5.53. The standard InChI is InChI=1S/C12H21F2N/c1-11(6-8-15-9-7-11)10-2-4-12(13,14)5-3-10/h10,15H,2-9H2,1H3. The van der Waals surface area contributed by atoms with Crippen molar-refractivity contribution < 1.29 is 8.78 Å². The van der Waals surface area contributed by atoms with Gasteiger partial charge < -0.3 is 5.32 Å². The van der Waals surface area contributed by atoms with Crippen LogP contribution in [0, 0.1) is 11.3 Å². The largest absolute Gasteiger partial charge is 0.317 e. The molecule has 15 heavy (non-hydrogen) atoms. The number of alkyl halides is 2. The molecule has 2 fully saturated rings. The van der Waals surface area contributed by atoms with Gasteiger partial charge in [0.25, 0.3) is 0 Å². The van der Waals surface area contributed by atoms with E-state index in [0.717, 1.165) is 38.8 Å². The summed E-state index contributed by atoms with van der Waals surface area (Å²) in [6.07, 6.45) is 3.99. The predicted octanol–water partition coefficient (Wildman–Crippen LogP) is 3.20. The van der Waals surface area contributed by atoms with E-state index in [0.29, 0.717) is 11.3 Å². The van der Waals surface area contributed by atoms with Crippen molar-refractivity contribution in [3.63, 3.8) is 0 Å². The van der Waals surface area contributed by atoms with Crippen molar-refractivity contribution in [2.45, 2.75) is 51.4 Å². The third kappa shape index (κ3) is 2.49. The smallest absolute Gasteiger partial charge is 0.248 e. The Morgan fingerprint density at radius 2 is 1.53 bits per heavy atom. The minimum Gasteiger partial charge on any atom is -0.317 e. The summed E-state index contributed by atoms with van der Waals surface area (Å²) in [5.74, 6) is -1.85. The lowest BCUT2D eigenvalue weighted by molar-refractivity contribution is -0.0659. The van der Waals surface area contributed by atoms with Gasteiger partial charge in [-0.2, -0.15) is 0 Å². The fourth-order valence-electron chi connectivity index (χ4n) is 3.14. The van der Waals surface area contributed by atoms with E-state index >= 15 is 0 Å². The Labute approximate surface area is 90.6 Å². The molecule has 2 aliphatic rings. The van der Waals surface area contributed by atoms with E-state index in [2.05, 4.69) is 12.2 Å². The van der Waals surface area contributed by atoms with Gasteiger partial charge in [-0.3, -0.25) is 0 Å². The number of halogens is 2. The predicted molar refractivity (Wildman–Crippen MR) is 57.1 cm³/mol. The molecule has 0 amide bonds. The van der Waals surface area contributed by atoms with Crippen LogP contribution in [0.1, 0.15) is 45.4 Å². The average molecular weight is 217 g/mol. The van der Waals surface area contributed by atoms with Crippen LogP contribution in [0.3, 0.4) is 0 Å². The Bertz CT molecular complexity index is 212. The first-order chi connectivity index (χ1) is 7.02. The van der Waals surface area contributed by atoms with Crippen LogP contribution in [-0.2, 0) is 0 Å². The first-order valence-electron chi connectivity index (χ1n) is 6.10. The van der Waals surface area contributed by atoms with Gasteiger partial charge >= 0.3 is 0 Å². The summed E-state index contributed by atoms with van der Waals surface area (Å²) >= 11 is 0. The molecule has 1 saturated carbocycles. The van der Waals surface area contributed by atoms with Crippen molar-refractivity contribution in [1.82, 2.24) is 5.32 Å². The summed E-state index contributed by atoms with van der Waals surface area (Å²) in [7, 11) is 0. The summed E-state index contributed by atoms with van der Waals surface area (Å²) < 4.78 is 26.1. The highest BCUT2D eigenvalue weighted by molar-refractivity contribution is 4.91. The zero-order valence-corrected chi connectivity index (χ0v) is 9.49. The third-order valence-electron chi connectivity index (χ3n) is 4.45. The van der Waals surface area contributed by atoms with Crippen LogP contribution in [-0.4, -0.2) is 19.0 Å². The number of piperidine rings is 1. The van der Waals surface area contributed by atoms with Gasteiger partial charge in [-0.25, -0.2) is 8.78 Å². The molecule has 0 atom stereocenters. The summed E-state index contributed by atoms with van der Waals surface area (Å²) in [6.45, 7) is 4.41. The monoisotopic (exact) mass is 217 g/mol. The molecule has 88 valence electrons. The maximum atomic E-state index is 13.1. The highest BCUT2D eigenvalue weighted by Crippen LogP contribution is 2.47. The quantitative estimate of drug-likeness (QED) is 0.711. The fraction of sp³-hybridized carbons (Fsp3) is 1.00. The lowest BCUT2D eigenvalue weighted by Gasteiger charge is -2.44. The van der Waals surface area contributed by atoms with E-state index in [9.17, 15) is 8.78 Å². The van der Waals surface area contributed by atoms with Crippen LogP contribution in [0.25, 0.3) is 0 Å². The van der Waals surface area contributed by atoms with Crippen molar-refractivity contribution in [3.8, 4) is 0 Å². The number of rotatable bonds is 1. The van der Waals surface area contributed by atoms with E-state index in [-0.39, 0.29) is 12.8 Å². The van der Waals surface area contributed by atoms with Crippen LogP contribution in [0.4, 0.5) is 8.78 Å². The van der Waals surface area contributed by atoms with Crippen molar-refractivity contribution >= 4 is 0 Å². The molecule has 3 heteroatoms. The van der Waals surface area contributed by atoms with Crippen LogP contribution < -0.4 is 5.32 Å². The van der Waals surface area contributed by atoms with E-state index < -0.39 is 5.92 Å². The SMILES string of the molecule is CC1(C2CCC(F)(F)CC2)CCNCC1. The first-order valence-corrected chi connectivity index (χ1v) is 6.10. The van der Waals surface area contributed by atoms with E-state index in [1.807, 2.05) is 0 Å². The summed E-state index contributed by atoms with van der Waals surface area (Å²) in [5.41, 5.74) is 0.321. The molecular formula is C12H21F2N. The molecule has 0 aromatic heterocycles. The Hall–Kier alpha value is -0.180. The number of hydrogen-bond donors (Lipinski definition) is 1. The van der Waals surface area contributed by atoms with Gasteiger partial charge in [0.05, 0.1) is 0 Å². The molecule has 0 aromatic rings. The third-order valence-corrected chi connectivity index (χ3v) is 4.45. The zero-order chi connectivity index (χ0) is 10.9. The molecule has 0 radical (unpaired) electrons. The van der Waals surface area contributed by atoms with Crippen LogP contribution >= 0.6 is 0 Å². The normalized spacial score (nSPS) is 31.4. The molecule has 0 aromatic carbocycles. The zero-order valence-electron chi connectivity index (χ0n) is 9.49. The molecule has 1 N–H and O–H groups in total. The molecule has 0 unspecified atom stereocenters. The van der Waals surface area contributed by atoms with Gasteiger partial charge in [-0.05, 0) is 50.1 Å².